The Balaban J connectivity index is 1.79. The van der Waals surface area contributed by atoms with Crippen molar-refractivity contribution in [2.75, 3.05) is 26.8 Å². The molecule has 0 saturated heterocycles. The molecule has 2 atom stereocenters. The highest BCUT2D eigenvalue weighted by Crippen LogP contribution is 2.50. The maximum atomic E-state index is 5.04. The van der Waals surface area contributed by atoms with Gasteiger partial charge in [0.05, 0.1) is 6.61 Å². The first kappa shape index (κ1) is 14.0. The summed E-state index contributed by atoms with van der Waals surface area (Å²) in [6.07, 6.45) is 1.35. The van der Waals surface area contributed by atoms with Gasteiger partial charge in [0, 0.05) is 23.4 Å². The zero-order valence-electron chi connectivity index (χ0n) is 12.0. The molecule has 0 aromatic carbocycles. The van der Waals surface area contributed by atoms with E-state index in [1.54, 1.807) is 12.0 Å². The Morgan fingerprint density at radius 2 is 2.17 bits per heavy atom. The third-order valence-corrected chi connectivity index (χ3v) is 5.19. The Bertz CT molecular complexity index is 380. The van der Waals surface area contributed by atoms with E-state index < -0.39 is 0 Å². The number of thiophene rings is 1. The first-order valence-corrected chi connectivity index (χ1v) is 7.64. The first-order chi connectivity index (χ1) is 8.52. The standard InChI is InChI=1S/C15H25NOS/c1-15(2,3)14-6-5-13(18-14)12-9-11(12)10-16-7-8-17-4/h5-6,11-12,16H,7-10H2,1-4H3. The fourth-order valence-electron chi connectivity index (χ4n) is 2.24. The van der Waals surface area contributed by atoms with Crippen LogP contribution in [0.3, 0.4) is 0 Å². The molecule has 1 fully saturated rings. The normalized spacial score (nSPS) is 23.3. The number of hydrogen-bond acceptors (Lipinski definition) is 3. The monoisotopic (exact) mass is 267 g/mol. The molecule has 102 valence electrons. The van der Waals surface area contributed by atoms with E-state index in [-0.39, 0.29) is 0 Å². The summed E-state index contributed by atoms with van der Waals surface area (Å²) in [7, 11) is 1.75. The van der Waals surface area contributed by atoms with Crippen LogP contribution in [0.2, 0.25) is 0 Å². The first-order valence-electron chi connectivity index (χ1n) is 6.82. The largest absolute Gasteiger partial charge is 0.383 e. The molecule has 1 aromatic rings. The molecule has 2 unspecified atom stereocenters. The number of methoxy groups -OCH3 is 1. The number of hydrogen-bond donors (Lipinski definition) is 1. The number of rotatable bonds is 6. The van der Waals surface area contributed by atoms with Crippen molar-refractivity contribution in [2.45, 2.75) is 38.5 Å². The molecule has 1 N–H and O–H groups in total. The minimum atomic E-state index is 0.296. The van der Waals surface area contributed by atoms with Crippen molar-refractivity contribution in [3.8, 4) is 0 Å². The molecule has 0 amide bonds. The summed E-state index contributed by atoms with van der Waals surface area (Å²) in [4.78, 5) is 3.09. The van der Waals surface area contributed by atoms with Gasteiger partial charge in [-0.1, -0.05) is 20.8 Å². The predicted octanol–water partition coefficient (Wildman–Crippen LogP) is 3.39. The minimum Gasteiger partial charge on any atom is -0.383 e. The molecule has 3 heteroatoms. The van der Waals surface area contributed by atoms with Crippen molar-refractivity contribution in [1.82, 2.24) is 5.32 Å². The topological polar surface area (TPSA) is 21.3 Å². The van der Waals surface area contributed by atoms with Crippen LogP contribution < -0.4 is 5.32 Å². The Hall–Kier alpha value is -0.380. The summed E-state index contributed by atoms with van der Waals surface area (Å²) in [6, 6.07) is 4.65. The van der Waals surface area contributed by atoms with Crippen molar-refractivity contribution >= 4 is 11.3 Å². The summed E-state index contributed by atoms with van der Waals surface area (Å²) in [5, 5.41) is 3.46. The second-order valence-corrected chi connectivity index (χ2v) is 7.37. The Morgan fingerprint density at radius 1 is 1.39 bits per heavy atom. The average molecular weight is 267 g/mol. The van der Waals surface area contributed by atoms with Crippen LogP contribution in [0, 0.1) is 5.92 Å². The zero-order chi connectivity index (χ0) is 13.2. The van der Waals surface area contributed by atoms with Crippen molar-refractivity contribution in [2.24, 2.45) is 5.92 Å². The van der Waals surface area contributed by atoms with E-state index in [1.807, 2.05) is 11.3 Å². The van der Waals surface area contributed by atoms with Crippen LogP contribution >= 0.6 is 11.3 Å². The van der Waals surface area contributed by atoms with Gasteiger partial charge in [-0.25, -0.2) is 0 Å². The summed E-state index contributed by atoms with van der Waals surface area (Å²) < 4.78 is 5.04. The van der Waals surface area contributed by atoms with Gasteiger partial charge in [-0.15, -0.1) is 11.3 Å². The van der Waals surface area contributed by atoms with Crippen molar-refractivity contribution in [3.63, 3.8) is 0 Å². The van der Waals surface area contributed by atoms with Gasteiger partial charge in [0.2, 0.25) is 0 Å². The molecule has 1 heterocycles. The third-order valence-electron chi connectivity index (χ3n) is 3.54. The van der Waals surface area contributed by atoms with Crippen molar-refractivity contribution in [1.29, 1.82) is 0 Å². The van der Waals surface area contributed by atoms with Crippen LogP contribution in [0.15, 0.2) is 12.1 Å². The second-order valence-electron chi connectivity index (χ2n) is 6.25. The molecular weight excluding hydrogens is 242 g/mol. The smallest absolute Gasteiger partial charge is 0.0587 e. The van der Waals surface area contributed by atoms with Gasteiger partial charge in [-0.05, 0) is 42.3 Å². The van der Waals surface area contributed by atoms with E-state index in [2.05, 4.69) is 38.2 Å². The van der Waals surface area contributed by atoms with Crippen LogP contribution in [0.1, 0.15) is 42.9 Å². The molecule has 2 nitrogen and oxygen atoms in total. The lowest BCUT2D eigenvalue weighted by Crippen LogP contribution is -2.21. The highest BCUT2D eigenvalue weighted by molar-refractivity contribution is 7.12. The molecule has 2 rings (SSSR count). The number of ether oxygens (including phenoxy) is 1. The molecule has 0 bridgehead atoms. The third kappa shape index (κ3) is 3.56. The van der Waals surface area contributed by atoms with E-state index in [0.717, 1.165) is 31.5 Å². The average Bonchev–Trinajstić information content (AvgIpc) is 2.88. The van der Waals surface area contributed by atoms with Gasteiger partial charge in [0.15, 0.2) is 0 Å². The zero-order valence-corrected chi connectivity index (χ0v) is 12.8. The quantitative estimate of drug-likeness (QED) is 0.798. The van der Waals surface area contributed by atoms with Crippen LogP contribution in [0.5, 0.6) is 0 Å². The lowest BCUT2D eigenvalue weighted by molar-refractivity contribution is 0.199. The van der Waals surface area contributed by atoms with E-state index in [9.17, 15) is 0 Å². The molecule has 1 aliphatic carbocycles. The summed E-state index contributed by atoms with van der Waals surface area (Å²) >= 11 is 2.01. The highest BCUT2D eigenvalue weighted by atomic mass is 32.1. The SMILES string of the molecule is COCCNCC1CC1c1ccc(C(C)(C)C)s1. The summed E-state index contributed by atoms with van der Waals surface area (Å²) in [6.45, 7) is 9.79. The highest BCUT2D eigenvalue weighted by Gasteiger charge is 2.39. The minimum absolute atomic E-state index is 0.296. The van der Waals surface area contributed by atoms with Gasteiger partial charge in [-0.2, -0.15) is 0 Å². The Kier molecular flexibility index (Phi) is 4.46. The van der Waals surface area contributed by atoms with Gasteiger partial charge in [-0.3, -0.25) is 0 Å². The van der Waals surface area contributed by atoms with E-state index in [4.69, 9.17) is 4.74 Å². The van der Waals surface area contributed by atoms with Gasteiger partial charge in [0.1, 0.15) is 0 Å². The fourth-order valence-corrected chi connectivity index (χ4v) is 3.51. The van der Waals surface area contributed by atoms with Crippen LogP contribution in [0.4, 0.5) is 0 Å². The van der Waals surface area contributed by atoms with Crippen LogP contribution in [0.25, 0.3) is 0 Å². The maximum absolute atomic E-state index is 5.04. The molecule has 1 saturated carbocycles. The molecule has 1 aromatic heterocycles. The van der Waals surface area contributed by atoms with Crippen LogP contribution in [-0.2, 0) is 10.2 Å². The van der Waals surface area contributed by atoms with Crippen molar-refractivity contribution < 1.29 is 4.74 Å². The van der Waals surface area contributed by atoms with E-state index >= 15 is 0 Å². The van der Waals surface area contributed by atoms with Gasteiger partial charge < -0.3 is 10.1 Å². The van der Waals surface area contributed by atoms with Gasteiger partial charge >= 0.3 is 0 Å². The van der Waals surface area contributed by atoms with Crippen LogP contribution in [-0.4, -0.2) is 26.8 Å². The molecule has 0 spiro atoms. The molecule has 1 aliphatic rings. The lowest BCUT2D eigenvalue weighted by Gasteiger charge is -2.15. The molecule has 0 aliphatic heterocycles. The molecule has 0 radical (unpaired) electrons. The Morgan fingerprint density at radius 3 is 2.78 bits per heavy atom. The Labute approximate surface area is 115 Å². The van der Waals surface area contributed by atoms with E-state index in [0.29, 0.717) is 5.41 Å². The van der Waals surface area contributed by atoms with E-state index in [1.165, 1.54) is 11.3 Å². The second kappa shape index (κ2) is 5.72. The summed E-state index contributed by atoms with van der Waals surface area (Å²) in [5.74, 6) is 1.65. The summed E-state index contributed by atoms with van der Waals surface area (Å²) in [5.41, 5.74) is 0.296. The maximum Gasteiger partial charge on any atom is 0.0587 e. The predicted molar refractivity (Wildman–Crippen MR) is 78.6 cm³/mol. The molecular formula is C15H25NOS. The number of nitrogens with one attached hydrogen (secondary N) is 1. The van der Waals surface area contributed by atoms with Crippen molar-refractivity contribution in [3.05, 3.63) is 21.9 Å². The van der Waals surface area contributed by atoms with Gasteiger partial charge in [0.25, 0.3) is 0 Å². The lowest BCUT2D eigenvalue weighted by atomic mass is 9.95. The fraction of sp³-hybridized carbons (Fsp3) is 0.733. The molecule has 18 heavy (non-hydrogen) atoms.